The summed E-state index contributed by atoms with van der Waals surface area (Å²) in [4.78, 5) is 48.1. The van der Waals surface area contributed by atoms with Crippen LogP contribution in [-0.2, 0) is 22.6 Å². The molecule has 0 saturated carbocycles. The van der Waals surface area contributed by atoms with Crippen LogP contribution in [0.2, 0.25) is 5.02 Å². The van der Waals surface area contributed by atoms with Gasteiger partial charge in [0, 0.05) is 51.9 Å². The molecule has 2 aromatic rings. The highest BCUT2D eigenvalue weighted by Crippen LogP contribution is 2.22. The molecule has 0 bridgehead atoms. The van der Waals surface area contributed by atoms with Gasteiger partial charge in [-0.05, 0) is 39.3 Å². The van der Waals surface area contributed by atoms with E-state index in [-0.39, 0.29) is 17.9 Å². The lowest BCUT2D eigenvalue weighted by atomic mass is 10.2. The van der Waals surface area contributed by atoms with Gasteiger partial charge in [-0.1, -0.05) is 29.8 Å². The summed E-state index contributed by atoms with van der Waals surface area (Å²) in [5, 5.41) is 3.28. The lowest BCUT2D eigenvalue weighted by Crippen LogP contribution is -2.39. The van der Waals surface area contributed by atoms with Crippen molar-refractivity contribution in [2.75, 3.05) is 44.6 Å². The highest BCUT2D eigenvalue weighted by Gasteiger charge is 2.26. The minimum atomic E-state index is -0.512. The summed E-state index contributed by atoms with van der Waals surface area (Å²) < 4.78 is 7.33. The molecule has 1 saturated heterocycles. The number of hydrogen-bond donors (Lipinski definition) is 1. The van der Waals surface area contributed by atoms with Gasteiger partial charge >= 0.3 is 6.09 Å². The van der Waals surface area contributed by atoms with Gasteiger partial charge in [-0.15, -0.1) is 0 Å². The lowest BCUT2D eigenvalue weighted by Gasteiger charge is -2.27. The van der Waals surface area contributed by atoms with E-state index in [4.69, 9.17) is 16.3 Å². The molecule has 1 N–H and O–H groups in total. The van der Waals surface area contributed by atoms with Crippen molar-refractivity contribution in [2.45, 2.75) is 45.9 Å². The van der Waals surface area contributed by atoms with Crippen LogP contribution in [0.25, 0.3) is 0 Å². The number of nitrogens with zero attached hydrogens (tertiary/aromatic N) is 5. The van der Waals surface area contributed by atoms with Crippen molar-refractivity contribution in [3.05, 3.63) is 59.2 Å². The van der Waals surface area contributed by atoms with Crippen LogP contribution in [-0.4, -0.2) is 87.0 Å². The molecule has 1 aromatic carbocycles. The average molecular weight is 543 g/mol. The number of rotatable bonds is 5. The summed E-state index contributed by atoms with van der Waals surface area (Å²) in [5.41, 5.74) is 0.459. The van der Waals surface area contributed by atoms with Crippen molar-refractivity contribution < 1.29 is 19.1 Å². The van der Waals surface area contributed by atoms with E-state index >= 15 is 0 Å². The van der Waals surface area contributed by atoms with Gasteiger partial charge in [0.05, 0.1) is 23.5 Å². The second-order valence-corrected chi connectivity index (χ2v) is 10.8. The van der Waals surface area contributed by atoms with Crippen LogP contribution in [0.15, 0.2) is 42.6 Å². The number of aromatic nitrogens is 2. The maximum Gasteiger partial charge on any atom is 0.410 e. The number of imidazole rings is 1. The van der Waals surface area contributed by atoms with Crippen LogP contribution in [0, 0.1) is 0 Å². The summed E-state index contributed by atoms with van der Waals surface area (Å²) >= 11 is 6.15. The van der Waals surface area contributed by atoms with Crippen LogP contribution < -0.4 is 5.32 Å². The van der Waals surface area contributed by atoms with Gasteiger partial charge in [0.1, 0.15) is 17.1 Å². The summed E-state index contributed by atoms with van der Waals surface area (Å²) in [7, 11) is 0. The highest BCUT2D eigenvalue weighted by atomic mass is 35.5. The molecule has 2 aliphatic heterocycles. The van der Waals surface area contributed by atoms with Crippen molar-refractivity contribution in [3.63, 3.8) is 0 Å². The molecule has 0 unspecified atom stereocenters. The second kappa shape index (κ2) is 12.0. The molecular formula is C27H35ClN6O4. The van der Waals surface area contributed by atoms with Crippen molar-refractivity contribution in [2.24, 2.45) is 0 Å². The van der Waals surface area contributed by atoms with Crippen LogP contribution in [0.3, 0.4) is 0 Å². The molecule has 1 aromatic heterocycles. The van der Waals surface area contributed by atoms with Crippen LogP contribution in [0.4, 0.5) is 10.5 Å². The van der Waals surface area contributed by atoms with Gasteiger partial charge in [-0.25, -0.2) is 9.78 Å². The Labute approximate surface area is 228 Å². The first-order valence-corrected chi connectivity index (χ1v) is 13.2. The highest BCUT2D eigenvalue weighted by molar-refractivity contribution is 6.33. The summed E-state index contributed by atoms with van der Waals surface area (Å²) in [6.07, 6.45) is 5.57. The number of fused-ring (bicyclic) bond motifs is 1. The van der Waals surface area contributed by atoms with E-state index in [0.717, 1.165) is 19.5 Å². The third kappa shape index (κ3) is 7.14. The predicted molar refractivity (Wildman–Crippen MR) is 145 cm³/mol. The first-order chi connectivity index (χ1) is 18.1. The number of halogens is 1. The van der Waals surface area contributed by atoms with Crippen molar-refractivity contribution in [1.29, 1.82) is 0 Å². The number of benzene rings is 1. The number of anilines is 1. The Morgan fingerprint density at radius 2 is 1.82 bits per heavy atom. The molecule has 10 nitrogen and oxygen atoms in total. The van der Waals surface area contributed by atoms with E-state index in [1.165, 1.54) is 6.20 Å². The molecule has 3 heterocycles. The molecule has 38 heavy (non-hydrogen) atoms. The maximum atomic E-state index is 12.8. The zero-order valence-electron chi connectivity index (χ0n) is 22.2. The molecule has 3 amide bonds. The Kier molecular flexibility index (Phi) is 8.73. The first kappa shape index (κ1) is 27.7. The summed E-state index contributed by atoms with van der Waals surface area (Å²) in [5.74, 6) is 0.280. The number of ether oxygens (including phenoxy) is 1. The fraction of sp³-hybridized carbons (Fsp3) is 0.481. The van der Waals surface area contributed by atoms with Gasteiger partial charge in [0.15, 0.2) is 0 Å². The number of hydrogen-bond acceptors (Lipinski definition) is 6. The zero-order valence-corrected chi connectivity index (χ0v) is 22.9. The number of carbonyl (C=O) groups excluding carboxylic acids is 3. The van der Waals surface area contributed by atoms with Gasteiger partial charge in [-0.2, -0.15) is 0 Å². The number of nitrogens with one attached hydrogen (secondary N) is 1. The Bertz CT molecular complexity index is 1200. The van der Waals surface area contributed by atoms with Gasteiger partial charge in [-0.3, -0.25) is 14.5 Å². The maximum absolute atomic E-state index is 12.8. The van der Waals surface area contributed by atoms with Gasteiger partial charge < -0.3 is 24.4 Å². The molecule has 0 spiro atoms. The van der Waals surface area contributed by atoms with E-state index in [2.05, 4.69) is 15.2 Å². The van der Waals surface area contributed by atoms with E-state index in [1.54, 1.807) is 40.1 Å². The average Bonchev–Trinajstić information content (AvgIpc) is 3.14. The van der Waals surface area contributed by atoms with E-state index < -0.39 is 5.60 Å². The normalized spacial score (nSPS) is 16.7. The number of amides is 3. The topological polar surface area (TPSA) is 100 Å². The molecule has 0 radical (unpaired) electrons. The molecule has 0 atom stereocenters. The van der Waals surface area contributed by atoms with Crippen molar-refractivity contribution in [3.8, 4) is 0 Å². The number of para-hydroxylation sites is 1. The third-order valence-electron chi connectivity index (χ3n) is 6.39. The Hall–Kier alpha value is -3.37. The third-order valence-corrected chi connectivity index (χ3v) is 6.72. The molecule has 204 valence electrons. The molecule has 11 heteroatoms. The van der Waals surface area contributed by atoms with E-state index in [0.29, 0.717) is 61.5 Å². The Balaban J connectivity index is 1.26. The second-order valence-electron chi connectivity index (χ2n) is 10.4. The van der Waals surface area contributed by atoms with Crippen LogP contribution >= 0.6 is 11.6 Å². The lowest BCUT2D eigenvalue weighted by molar-refractivity contribution is -0.127. The fourth-order valence-electron chi connectivity index (χ4n) is 4.45. The Morgan fingerprint density at radius 1 is 1.05 bits per heavy atom. The molecular weight excluding hydrogens is 508 g/mol. The van der Waals surface area contributed by atoms with Gasteiger partial charge in [0.25, 0.3) is 5.91 Å². The fourth-order valence-corrected chi connectivity index (χ4v) is 4.63. The first-order valence-electron chi connectivity index (χ1n) is 12.9. The minimum Gasteiger partial charge on any atom is -0.444 e. The standard InChI is InChI=1S/C27H35ClN6O4/c1-27(2,3)38-26(37)32-13-7-12-31(14-15-32)11-6-10-24(35)33-16-17-34-22(18-29-23(34)19-33)25(36)30-21-9-5-4-8-20(21)28/h4-6,8-10,18H,7,11-17,19H2,1-3H3,(H,30,36)/b10-6+. The Morgan fingerprint density at radius 3 is 2.58 bits per heavy atom. The molecule has 1 fully saturated rings. The molecule has 2 aliphatic rings. The van der Waals surface area contributed by atoms with Crippen LogP contribution in [0.1, 0.15) is 43.5 Å². The minimum absolute atomic E-state index is 0.0912. The number of carbonyl (C=O) groups is 3. The summed E-state index contributed by atoms with van der Waals surface area (Å²) in [6, 6.07) is 7.05. The SMILES string of the molecule is CC(C)(C)OC(=O)N1CCCN(C/C=C/C(=O)N2CCn3c(C(=O)Nc4ccccc4Cl)cnc3C2)CC1. The predicted octanol–water partition coefficient (Wildman–Crippen LogP) is 3.63. The monoisotopic (exact) mass is 542 g/mol. The zero-order chi connectivity index (χ0) is 27.3. The summed E-state index contributed by atoms with van der Waals surface area (Å²) in [6.45, 7) is 10.3. The largest absolute Gasteiger partial charge is 0.444 e. The van der Waals surface area contributed by atoms with Crippen molar-refractivity contribution in [1.82, 2.24) is 24.3 Å². The van der Waals surface area contributed by atoms with Crippen molar-refractivity contribution >= 4 is 35.2 Å². The quantitative estimate of drug-likeness (QED) is 0.579. The van der Waals surface area contributed by atoms with E-state index in [1.807, 2.05) is 31.4 Å². The van der Waals surface area contributed by atoms with E-state index in [9.17, 15) is 14.4 Å². The van der Waals surface area contributed by atoms with Crippen LogP contribution in [0.5, 0.6) is 0 Å². The smallest absolute Gasteiger partial charge is 0.410 e. The molecule has 4 rings (SSSR count). The molecule has 0 aliphatic carbocycles. The van der Waals surface area contributed by atoms with Gasteiger partial charge in [0.2, 0.25) is 5.91 Å².